The van der Waals surface area contributed by atoms with Crippen molar-refractivity contribution in [2.45, 2.75) is 31.7 Å². The number of fused-ring (bicyclic) bond motifs is 4. The Morgan fingerprint density at radius 1 is 0.978 bits per heavy atom. The lowest BCUT2D eigenvalue weighted by molar-refractivity contribution is -0.122. The number of hydrogen-bond acceptors (Lipinski definition) is 7. The third-order valence-electron chi connectivity index (χ3n) is 9.58. The van der Waals surface area contributed by atoms with Gasteiger partial charge in [0.15, 0.2) is 0 Å². The van der Waals surface area contributed by atoms with Crippen LogP contribution in [-0.2, 0) is 19.0 Å². The number of benzene rings is 3. The van der Waals surface area contributed by atoms with Crippen LogP contribution in [0.3, 0.4) is 0 Å². The number of aromatic hydroxyl groups is 1. The number of para-hydroxylation sites is 1. The Hall–Kier alpha value is -4.57. The summed E-state index contributed by atoms with van der Waals surface area (Å²) < 4.78 is 11.9. The normalized spacial score (nSPS) is 23.2. The van der Waals surface area contributed by atoms with Gasteiger partial charge in [-0.3, -0.25) is 19.5 Å². The van der Waals surface area contributed by atoms with Crippen LogP contribution >= 0.6 is 0 Å². The van der Waals surface area contributed by atoms with Gasteiger partial charge in [-0.05, 0) is 95.6 Å². The number of phenolic OH excluding ortho intramolecular Hbond substituents is 1. The molecule has 2 amide bonds. The number of rotatable bonds is 8. The number of methoxy groups -OCH3 is 1. The van der Waals surface area contributed by atoms with Crippen molar-refractivity contribution in [2.24, 2.45) is 17.8 Å². The molecule has 0 radical (unpaired) electrons. The summed E-state index contributed by atoms with van der Waals surface area (Å²) in [7, 11) is 0.558. The second-order valence-corrected chi connectivity index (χ2v) is 12.2. The molecule has 4 aromatic rings. The number of anilines is 1. The maximum Gasteiger partial charge on any atom is 0.455 e. The summed E-state index contributed by atoms with van der Waals surface area (Å²) in [5.41, 5.74) is 5.25. The number of imide groups is 1. The number of allylic oxidation sites excluding steroid dienone is 1. The Morgan fingerprint density at radius 3 is 2.50 bits per heavy atom. The van der Waals surface area contributed by atoms with E-state index in [1.165, 1.54) is 4.90 Å². The van der Waals surface area contributed by atoms with Gasteiger partial charge in [0.1, 0.15) is 5.75 Å². The molecule has 4 atom stereocenters. The van der Waals surface area contributed by atoms with Crippen molar-refractivity contribution in [3.63, 3.8) is 0 Å². The van der Waals surface area contributed by atoms with Gasteiger partial charge in [0.25, 0.3) is 0 Å². The molecule has 2 saturated heterocycles. The zero-order valence-electron chi connectivity index (χ0n) is 25.6. The first kappa shape index (κ1) is 30.1. The van der Waals surface area contributed by atoms with Gasteiger partial charge in [-0.15, -0.1) is 0 Å². The van der Waals surface area contributed by atoms with Gasteiger partial charge >= 0.3 is 7.12 Å². The van der Waals surface area contributed by atoms with Gasteiger partial charge < -0.3 is 19.5 Å². The molecule has 1 aliphatic carbocycles. The summed E-state index contributed by atoms with van der Waals surface area (Å²) in [4.78, 5) is 33.6. The SMILES string of the molecule is COCC1=C2[C@@H](CC/C(=C/c3ccc(O)c4ccccc34)c3ccccn3)OB(O)C[C@@H]2[C@@H]2C(=O)N(c3ccccc3)C(=O)[C@@H]2C1. The molecule has 0 saturated carbocycles. The average molecular weight is 615 g/mol. The standard InChI is InChI=1S/C37H35BN2O6/c1-45-22-25-20-29-35(37(43)40(36(29)42)26-9-3-2-4-10-26)30-21-38(44)46-33(34(25)30)17-15-24(31-13-7-8-18-39-31)19-23-14-16-32(41)28-12-6-5-11-27(23)28/h2-14,16,18-19,29-30,33,35,41,44H,15,17,20-22H2,1H3/b24-19-/t29-,30+,33-,35-/m1/s1. The van der Waals surface area contributed by atoms with E-state index in [-0.39, 0.29) is 29.8 Å². The first-order valence-electron chi connectivity index (χ1n) is 15.7. The summed E-state index contributed by atoms with van der Waals surface area (Å²) in [6.45, 7) is 0.320. The van der Waals surface area contributed by atoms with E-state index in [0.29, 0.717) is 31.6 Å². The summed E-state index contributed by atoms with van der Waals surface area (Å²) in [5.74, 6) is -1.62. The van der Waals surface area contributed by atoms with Crippen molar-refractivity contribution >= 4 is 47.0 Å². The lowest BCUT2D eigenvalue weighted by Crippen LogP contribution is -2.46. The molecule has 3 aliphatic rings. The fraction of sp³-hybridized carbons (Fsp3) is 0.270. The van der Waals surface area contributed by atoms with E-state index in [0.717, 1.165) is 38.7 Å². The number of carbonyl (C=O) groups excluding carboxylic acids is 2. The lowest BCUT2D eigenvalue weighted by Gasteiger charge is -2.43. The molecule has 1 aromatic heterocycles. The zero-order chi connectivity index (χ0) is 31.8. The number of phenols is 1. The summed E-state index contributed by atoms with van der Waals surface area (Å²) in [5, 5.41) is 23.2. The minimum absolute atomic E-state index is 0.201. The van der Waals surface area contributed by atoms with Crippen molar-refractivity contribution in [1.82, 2.24) is 4.98 Å². The molecule has 0 unspecified atom stereocenters. The predicted octanol–water partition coefficient (Wildman–Crippen LogP) is 5.91. The number of ether oxygens (including phenoxy) is 1. The largest absolute Gasteiger partial charge is 0.507 e. The van der Waals surface area contributed by atoms with E-state index in [9.17, 15) is 19.7 Å². The van der Waals surface area contributed by atoms with E-state index in [1.807, 2.05) is 66.7 Å². The Labute approximate surface area is 268 Å². The lowest BCUT2D eigenvalue weighted by atomic mass is 9.58. The summed E-state index contributed by atoms with van der Waals surface area (Å²) in [6.07, 6.45) is 5.13. The van der Waals surface area contributed by atoms with Gasteiger partial charge in [0.2, 0.25) is 11.8 Å². The average Bonchev–Trinajstić information content (AvgIpc) is 3.33. The molecule has 46 heavy (non-hydrogen) atoms. The Bertz CT molecular complexity index is 1840. The number of pyridine rings is 1. The van der Waals surface area contributed by atoms with Crippen LogP contribution in [0.1, 0.15) is 30.5 Å². The van der Waals surface area contributed by atoms with Crippen LogP contribution in [-0.4, -0.2) is 53.9 Å². The minimum atomic E-state index is -1.07. The highest BCUT2D eigenvalue weighted by molar-refractivity contribution is 6.43. The topological polar surface area (TPSA) is 109 Å². The van der Waals surface area contributed by atoms with Gasteiger partial charge in [0, 0.05) is 18.7 Å². The fourth-order valence-corrected chi connectivity index (χ4v) is 7.64. The Kier molecular flexibility index (Phi) is 8.30. The Morgan fingerprint density at radius 2 is 1.74 bits per heavy atom. The number of hydrogen-bond donors (Lipinski definition) is 2. The van der Waals surface area contributed by atoms with E-state index in [1.54, 1.807) is 31.5 Å². The molecule has 2 aliphatic heterocycles. The maximum absolute atomic E-state index is 14.0. The highest BCUT2D eigenvalue weighted by atomic mass is 16.5. The molecule has 0 bridgehead atoms. The monoisotopic (exact) mass is 614 g/mol. The molecule has 2 N–H and O–H groups in total. The van der Waals surface area contributed by atoms with Gasteiger partial charge in [-0.1, -0.05) is 54.6 Å². The van der Waals surface area contributed by atoms with Crippen molar-refractivity contribution in [1.29, 1.82) is 0 Å². The molecular formula is C37H35BN2O6. The van der Waals surface area contributed by atoms with Crippen LogP contribution in [0.4, 0.5) is 5.69 Å². The van der Waals surface area contributed by atoms with Crippen molar-refractivity contribution < 1.29 is 29.1 Å². The number of carbonyl (C=O) groups is 2. The van der Waals surface area contributed by atoms with Crippen LogP contribution in [0.5, 0.6) is 5.75 Å². The van der Waals surface area contributed by atoms with E-state index in [4.69, 9.17) is 9.39 Å². The van der Waals surface area contributed by atoms with Crippen LogP contribution in [0.25, 0.3) is 22.4 Å². The molecule has 3 heterocycles. The Balaban J connectivity index is 1.24. The van der Waals surface area contributed by atoms with E-state index in [2.05, 4.69) is 11.1 Å². The molecule has 7 rings (SSSR count). The molecule has 2 fully saturated rings. The van der Waals surface area contributed by atoms with Crippen LogP contribution in [0.15, 0.2) is 102 Å². The highest BCUT2D eigenvalue weighted by Gasteiger charge is 2.57. The number of amides is 2. The number of nitrogens with zero attached hydrogens (tertiary/aromatic N) is 2. The molecule has 8 nitrogen and oxygen atoms in total. The maximum atomic E-state index is 14.0. The van der Waals surface area contributed by atoms with Crippen LogP contribution in [0, 0.1) is 17.8 Å². The summed E-state index contributed by atoms with van der Waals surface area (Å²) in [6, 6.07) is 26.2. The smallest absolute Gasteiger partial charge is 0.455 e. The van der Waals surface area contributed by atoms with Crippen molar-refractivity contribution in [2.75, 3.05) is 18.6 Å². The molecule has 3 aromatic carbocycles. The second-order valence-electron chi connectivity index (χ2n) is 12.2. The zero-order valence-corrected chi connectivity index (χ0v) is 25.6. The molecule has 232 valence electrons. The third-order valence-corrected chi connectivity index (χ3v) is 9.58. The van der Waals surface area contributed by atoms with Crippen LogP contribution < -0.4 is 4.90 Å². The van der Waals surface area contributed by atoms with Crippen molar-refractivity contribution in [3.05, 3.63) is 114 Å². The molecular weight excluding hydrogens is 579 g/mol. The van der Waals surface area contributed by atoms with E-state index < -0.39 is 25.1 Å². The fourth-order valence-electron chi connectivity index (χ4n) is 7.64. The molecule has 9 heteroatoms. The van der Waals surface area contributed by atoms with Crippen molar-refractivity contribution in [3.8, 4) is 5.75 Å². The first-order chi connectivity index (χ1) is 22.4. The number of aromatic nitrogens is 1. The van der Waals surface area contributed by atoms with Crippen LogP contribution in [0.2, 0.25) is 6.32 Å². The first-order valence-corrected chi connectivity index (χ1v) is 15.7. The van der Waals surface area contributed by atoms with Gasteiger partial charge in [0.05, 0.1) is 35.9 Å². The quantitative estimate of drug-likeness (QED) is 0.144. The summed E-state index contributed by atoms with van der Waals surface area (Å²) >= 11 is 0. The highest BCUT2D eigenvalue weighted by Crippen LogP contribution is 2.51. The van der Waals surface area contributed by atoms with E-state index >= 15 is 0 Å². The van der Waals surface area contributed by atoms with Gasteiger partial charge in [-0.2, -0.15) is 0 Å². The minimum Gasteiger partial charge on any atom is -0.507 e. The second kappa shape index (κ2) is 12.7. The molecule has 0 spiro atoms. The van der Waals surface area contributed by atoms with Gasteiger partial charge in [-0.25, -0.2) is 0 Å². The predicted molar refractivity (Wildman–Crippen MR) is 178 cm³/mol. The third kappa shape index (κ3) is 5.45.